The lowest BCUT2D eigenvalue weighted by Gasteiger charge is -2.20. The largest absolute Gasteiger partial charge is 0.478 e. The summed E-state index contributed by atoms with van der Waals surface area (Å²) >= 11 is 0. The predicted octanol–water partition coefficient (Wildman–Crippen LogP) is 6.28. The number of aromatic carboxylic acids is 1. The van der Waals surface area contributed by atoms with E-state index in [0.29, 0.717) is 38.6 Å². The average Bonchev–Trinajstić information content (AvgIpc) is 2.95. The first-order chi connectivity index (χ1) is 19.3. The van der Waals surface area contributed by atoms with Crippen molar-refractivity contribution in [3.63, 3.8) is 0 Å². The fourth-order valence-corrected chi connectivity index (χ4v) is 5.50. The number of hydrogen-bond donors (Lipinski definition) is 1. The maximum Gasteiger partial charge on any atom is 0.348 e. The molecule has 0 aliphatic rings. The van der Waals surface area contributed by atoms with Gasteiger partial charge in [0, 0.05) is 49.3 Å². The normalized spacial score (nSPS) is 12.3. The van der Waals surface area contributed by atoms with Gasteiger partial charge in [-0.1, -0.05) is 38.5 Å². The summed E-state index contributed by atoms with van der Waals surface area (Å²) in [5, 5.41) is 12.6. The van der Waals surface area contributed by atoms with Gasteiger partial charge in [0.25, 0.3) is 0 Å². The Morgan fingerprint density at radius 3 is 2.38 bits per heavy atom. The lowest BCUT2D eigenvalue weighted by Crippen LogP contribution is -2.30. The maximum atomic E-state index is 13.8. The van der Waals surface area contributed by atoms with Crippen LogP contribution in [0.25, 0.3) is 44.0 Å². The van der Waals surface area contributed by atoms with Crippen molar-refractivity contribution in [2.45, 2.75) is 40.0 Å². The molecule has 0 spiro atoms. The smallest absolute Gasteiger partial charge is 0.348 e. The molecule has 0 amide bonds. The van der Waals surface area contributed by atoms with Crippen molar-refractivity contribution in [2.24, 2.45) is 0 Å². The van der Waals surface area contributed by atoms with E-state index >= 15 is 0 Å². The summed E-state index contributed by atoms with van der Waals surface area (Å²) in [5.41, 5.74) is 3.93. The van der Waals surface area contributed by atoms with E-state index in [-0.39, 0.29) is 10.9 Å². The topological polar surface area (TPSA) is 86.9 Å². The van der Waals surface area contributed by atoms with Crippen LogP contribution in [0.4, 0.5) is 5.69 Å². The van der Waals surface area contributed by atoms with Gasteiger partial charge in [-0.25, -0.2) is 14.2 Å². The number of nitrogens with zero attached hydrogens (tertiary/aromatic N) is 2. The molecule has 0 aliphatic heterocycles. The van der Waals surface area contributed by atoms with Crippen LogP contribution < -0.4 is 20.5 Å². The van der Waals surface area contributed by atoms with Crippen LogP contribution in [-0.2, 0) is 6.42 Å². The van der Waals surface area contributed by atoms with Crippen molar-refractivity contribution in [1.82, 2.24) is 4.58 Å². The SMILES string of the molecule is CCCC[N+](CC)=c1ccc2c(c1)oc(=O)c1c(-c3ccccc3C(=O)O)c3cc(CC)c(N(C)C)cc3oc12. The third kappa shape index (κ3) is 4.66. The van der Waals surface area contributed by atoms with Crippen LogP contribution >= 0.6 is 0 Å². The molecule has 5 rings (SSSR count). The lowest BCUT2D eigenvalue weighted by atomic mass is 9.92. The minimum absolute atomic E-state index is 0.107. The van der Waals surface area contributed by atoms with Gasteiger partial charge in [-0.05, 0) is 42.7 Å². The van der Waals surface area contributed by atoms with E-state index in [1.807, 2.05) is 49.3 Å². The van der Waals surface area contributed by atoms with E-state index in [2.05, 4.69) is 25.3 Å². The fourth-order valence-electron chi connectivity index (χ4n) is 5.50. The van der Waals surface area contributed by atoms with Crippen LogP contribution in [0, 0.1) is 0 Å². The third-order valence-corrected chi connectivity index (χ3v) is 7.57. The number of hydrogen-bond acceptors (Lipinski definition) is 5. The van der Waals surface area contributed by atoms with Gasteiger partial charge in [-0.15, -0.1) is 0 Å². The number of carboxylic acids is 1. The Balaban J connectivity index is 1.98. The Bertz CT molecular complexity index is 1900. The molecule has 0 aliphatic carbocycles. The summed E-state index contributed by atoms with van der Waals surface area (Å²) < 4.78 is 14.7. The molecule has 7 nitrogen and oxygen atoms in total. The van der Waals surface area contributed by atoms with Crippen molar-refractivity contribution in [3.8, 4) is 11.1 Å². The lowest BCUT2D eigenvalue weighted by molar-refractivity contribution is 0.0697. The Morgan fingerprint density at radius 2 is 1.70 bits per heavy atom. The van der Waals surface area contributed by atoms with Crippen molar-refractivity contribution >= 4 is 44.6 Å². The zero-order valence-electron chi connectivity index (χ0n) is 23.7. The first-order valence-corrected chi connectivity index (χ1v) is 13.9. The van der Waals surface area contributed by atoms with Crippen molar-refractivity contribution in [2.75, 3.05) is 32.1 Å². The Labute approximate surface area is 232 Å². The summed E-state index contributed by atoms with van der Waals surface area (Å²) in [6.07, 6.45) is 2.91. The molecule has 0 fully saturated rings. The predicted molar refractivity (Wildman–Crippen MR) is 161 cm³/mol. The molecule has 7 heteroatoms. The quantitative estimate of drug-likeness (QED) is 0.108. The van der Waals surface area contributed by atoms with E-state index in [9.17, 15) is 14.7 Å². The highest BCUT2D eigenvalue weighted by Gasteiger charge is 2.24. The molecule has 206 valence electrons. The third-order valence-electron chi connectivity index (χ3n) is 7.57. The number of carboxylic acid groups (broad SMARTS) is 1. The van der Waals surface area contributed by atoms with Gasteiger partial charge in [0.15, 0.2) is 5.58 Å². The van der Waals surface area contributed by atoms with E-state index in [1.165, 1.54) is 0 Å². The Morgan fingerprint density at radius 1 is 0.950 bits per heavy atom. The molecule has 0 bridgehead atoms. The number of benzene rings is 3. The molecule has 2 heterocycles. The molecular formula is C33H35N2O5+. The van der Waals surface area contributed by atoms with Gasteiger partial charge in [-0.2, -0.15) is 0 Å². The number of anilines is 1. The van der Waals surface area contributed by atoms with E-state index in [0.717, 1.165) is 49.0 Å². The highest BCUT2D eigenvalue weighted by molar-refractivity contribution is 6.16. The summed E-state index contributed by atoms with van der Waals surface area (Å²) in [5.74, 6) is -1.07. The van der Waals surface area contributed by atoms with E-state index in [4.69, 9.17) is 8.83 Å². The molecule has 0 atom stereocenters. The molecule has 2 aromatic heterocycles. The van der Waals surface area contributed by atoms with E-state index in [1.54, 1.807) is 24.3 Å². The number of fused-ring (bicyclic) bond motifs is 4. The molecule has 5 aromatic rings. The van der Waals surface area contributed by atoms with Gasteiger partial charge in [0.2, 0.25) is 5.36 Å². The molecule has 0 saturated carbocycles. The second-order valence-electron chi connectivity index (χ2n) is 10.3. The molecule has 0 saturated heterocycles. The monoisotopic (exact) mass is 539 g/mol. The zero-order chi connectivity index (χ0) is 28.6. The maximum absolute atomic E-state index is 13.8. The Hall–Kier alpha value is -4.39. The van der Waals surface area contributed by atoms with Crippen LogP contribution in [0.1, 0.15) is 49.5 Å². The fraction of sp³-hybridized carbons (Fsp3) is 0.303. The second kappa shape index (κ2) is 11.0. The summed E-state index contributed by atoms with van der Waals surface area (Å²) in [6.45, 7) is 8.08. The average molecular weight is 540 g/mol. The second-order valence-corrected chi connectivity index (χ2v) is 10.3. The van der Waals surface area contributed by atoms with Crippen LogP contribution in [0.2, 0.25) is 0 Å². The first kappa shape index (κ1) is 27.2. The molecule has 40 heavy (non-hydrogen) atoms. The standard InChI is InChI=1S/C33H34N2O5/c1-6-9-16-35(8-3)21-14-15-24-27(18-21)40-33(38)30-29(22-12-10-11-13-23(22)32(36)37)25-17-20(7-2)26(34(4)5)19-28(25)39-31(24)30/h10-15,17-19H,6-9,16H2,1-5H3/p+1. The number of carbonyl (C=O) groups is 1. The highest BCUT2D eigenvalue weighted by atomic mass is 16.4. The molecule has 3 aromatic carbocycles. The highest BCUT2D eigenvalue weighted by Crippen LogP contribution is 2.41. The van der Waals surface area contributed by atoms with Crippen LogP contribution in [0.5, 0.6) is 0 Å². The molecule has 0 unspecified atom stereocenters. The van der Waals surface area contributed by atoms with Gasteiger partial charge >= 0.3 is 11.6 Å². The van der Waals surface area contributed by atoms with Gasteiger partial charge < -0.3 is 18.8 Å². The molecule has 1 N–H and O–H groups in total. The van der Waals surface area contributed by atoms with Crippen LogP contribution in [-0.4, -0.2) is 38.3 Å². The first-order valence-electron chi connectivity index (χ1n) is 13.9. The Kier molecular flexibility index (Phi) is 7.48. The summed E-state index contributed by atoms with van der Waals surface area (Å²) in [4.78, 5) is 28.1. The van der Waals surface area contributed by atoms with Crippen molar-refractivity contribution in [1.29, 1.82) is 0 Å². The zero-order valence-corrected chi connectivity index (χ0v) is 23.7. The summed E-state index contributed by atoms with van der Waals surface area (Å²) in [6, 6.07) is 16.6. The molecule has 0 radical (unpaired) electrons. The van der Waals surface area contributed by atoms with Crippen LogP contribution in [0.15, 0.2) is 68.2 Å². The van der Waals surface area contributed by atoms with Crippen molar-refractivity contribution in [3.05, 3.63) is 81.5 Å². The minimum Gasteiger partial charge on any atom is -0.478 e. The number of unbranched alkanes of at least 4 members (excludes halogenated alkanes) is 1. The number of aryl methyl sites for hydroxylation is 1. The van der Waals surface area contributed by atoms with E-state index < -0.39 is 11.6 Å². The van der Waals surface area contributed by atoms with Gasteiger partial charge in [-0.3, -0.25) is 0 Å². The van der Waals surface area contributed by atoms with Crippen molar-refractivity contribution < 1.29 is 18.7 Å². The van der Waals surface area contributed by atoms with Gasteiger partial charge in [0.1, 0.15) is 29.6 Å². The molecular weight excluding hydrogens is 504 g/mol. The summed E-state index contributed by atoms with van der Waals surface area (Å²) in [7, 11) is 3.96. The number of rotatable bonds is 8. The van der Waals surface area contributed by atoms with Gasteiger partial charge in [0.05, 0.1) is 17.0 Å². The minimum atomic E-state index is -1.07. The van der Waals surface area contributed by atoms with Crippen LogP contribution in [0.3, 0.4) is 0 Å².